The molecule has 1 heterocycles. The lowest BCUT2D eigenvalue weighted by molar-refractivity contribution is 0.328. The van der Waals surface area contributed by atoms with Crippen LogP contribution in [0.25, 0.3) is 16.9 Å². The van der Waals surface area contributed by atoms with Gasteiger partial charge >= 0.3 is 0 Å². The largest absolute Gasteiger partial charge is 0.497 e. The molecule has 26 heavy (non-hydrogen) atoms. The average Bonchev–Trinajstić information content (AvgIpc) is 3.12. The summed E-state index contributed by atoms with van der Waals surface area (Å²) in [4.78, 5) is 0. The third-order valence-corrected chi connectivity index (χ3v) is 4.17. The van der Waals surface area contributed by atoms with Gasteiger partial charge in [-0.25, -0.2) is 4.68 Å². The Balaban J connectivity index is 1.99. The first-order chi connectivity index (χ1) is 12.6. The van der Waals surface area contributed by atoms with Crippen molar-refractivity contribution in [1.82, 2.24) is 9.78 Å². The van der Waals surface area contributed by atoms with Gasteiger partial charge in [0, 0.05) is 12.1 Å². The van der Waals surface area contributed by atoms with Gasteiger partial charge in [0.2, 0.25) is 0 Å². The molecule has 2 N–H and O–H groups in total. The Labute approximate surface area is 154 Å². The van der Waals surface area contributed by atoms with Crippen molar-refractivity contribution < 1.29 is 9.47 Å². The molecule has 0 fully saturated rings. The molecule has 0 aliphatic carbocycles. The molecule has 136 valence electrons. The van der Waals surface area contributed by atoms with Gasteiger partial charge in [0.1, 0.15) is 18.1 Å². The first-order valence-corrected chi connectivity index (χ1v) is 8.80. The van der Waals surface area contributed by atoms with Crippen LogP contribution in [0.3, 0.4) is 0 Å². The third-order valence-electron chi connectivity index (χ3n) is 4.17. The van der Waals surface area contributed by atoms with Crippen molar-refractivity contribution in [2.75, 3.05) is 20.3 Å². The van der Waals surface area contributed by atoms with Crippen LogP contribution in [0.15, 0.2) is 54.6 Å². The lowest BCUT2D eigenvalue weighted by Crippen LogP contribution is -2.10. The SMILES string of the molecule is COc1ccc(-n2nc(C(C)C)cc2-c2ccc(OCCN)cc2)cc1. The Morgan fingerprint density at radius 2 is 1.65 bits per heavy atom. The summed E-state index contributed by atoms with van der Waals surface area (Å²) in [7, 11) is 1.67. The molecule has 2 aromatic carbocycles. The van der Waals surface area contributed by atoms with Crippen molar-refractivity contribution in [3.8, 4) is 28.4 Å². The minimum Gasteiger partial charge on any atom is -0.497 e. The predicted octanol–water partition coefficient (Wildman–Crippen LogP) is 4.01. The van der Waals surface area contributed by atoms with E-state index in [0.717, 1.165) is 34.1 Å². The molecule has 0 radical (unpaired) electrons. The zero-order valence-corrected chi connectivity index (χ0v) is 15.5. The molecule has 0 amide bonds. The summed E-state index contributed by atoms with van der Waals surface area (Å²) in [6.07, 6.45) is 0. The van der Waals surface area contributed by atoms with Crippen LogP contribution in [0, 0.1) is 0 Å². The summed E-state index contributed by atoms with van der Waals surface area (Å²) in [6.45, 7) is 5.31. The van der Waals surface area contributed by atoms with Gasteiger partial charge < -0.3 is 15.2 Å². The van der Waals surface area contributed by atoms with Crippen LogP contribution >= 0.6 is 0 Å². The zero-order valence-electron chi connectivity index (χ0n) is 15.5. The number of benzene rings is 2. The maximum absolute atomic E-state index is 5.57. The zero-order chi connectivity index (χ0) is 18.5. The second-order valence-corrected chi connectivity index (χ2v) is 6.38. The first kappa shape index (κ1) is 18.0. The molecule has 0 spiro atoms. The number of methoxy groups -OCH3 is 1. The summed E-state index contributed by atoms with van der Waals surface area (Å²) in [5.41, 5.74) is 9.67. The molecule has 0 aliphatic rings. The molecule has 0 unspecified atom stereocenters. The molecule has 0 saturated carbocycles. The highest BCUT2D eigenvalue weighted by atomic mass is 16.5. The molecular weight excluding hydrogens is 326 g/mol. The smallest absolute Gasteiger partial charge is 0.119 e. The van der Waals surface area contributed by atoms with E-state index in [1.54, 1.807) is 7.11 Å². The van der Waals surface area contributed by atoms with E-state index in [4.69, 9.17) is 20.3 Å². The van der Waals surface area contributed by atoms with Crippen molar-refractivity contribution >= 4 is 0 Å². The van der Waals surface area contributed by atoms with E-state index in [9.17, 15) is 0 Å². The Kier molecular flexibility index (Phi) is 5.58. The maximum Gasteiger partial charge on any atom is 0.119 e. The van der Waals surface area contributed by atoms with Gasteiger partial charge in [-0.2, -0.15) is 5.10 Å². The second-order valence-electron chi connectivity index (χ2n) is 6.38. The molecule has 5 nitrogen and oxygen atoms in total. The number of nitrogens with two attached hydrogens (primary N) is 1. The number of hydrogen-bond acceptors (Lipinski definition) is 4. The molecule has 3 rings (SSSR count). The molecular formula is C21H25N3O2. The summed E-state index contributed by atoms with van der Waals surface area (Å²) >= 11 is 0. The number of ether oxygens (including phenoxy) is 2. The van der Waals surface area contributed by atoms with Crippen LogP contribution in [0.1, 0.15) is 25.5 Å². The van der Waals surface area contributed by atoms with Gasteiger partial charge in [0.25, 0.3) is 0 Å². The fourth-order valence-electron chi connectivity index (χ4n) is 2.71. The average molecular weight is 351 g/mol. The van der Waals surface area contributed by atoms with Gasteiger partial charge in [0.05, 0.1) is 24.2 Å². The molecule has 1 aromatic heterocycles. The maximum atomic E-state index is 5.57. The Morgan fingerprint density at radius 1 is 1.00 bits per heavy atom. The quantitative estimate of drug-likeness (QED) is 0.699. The van der Waals surface area contributed by atoms with Crippen LogP contribution in [0.5, 0.6) is 11.5 Å². The molecule has 5 heteroatoms. The van der Waals surface area contributed by atoms with Crippen molar-refractivity contribution in [1.29, 1.82) is 0 Å². The van der Waals surface area contributed by atoms with E-state index < -0.39 is 0 Å². The van der Waals surface area contributed by atoms with Crippen LogP contribution in [-0.4, -0.2) is 30.0 Å². The fraction of sp³-hybridized carbons (Fsp3) is 0.286. The summed E-state index contributed by atoms with van der Waals surface area (Å²) in [6, 6.07) is 18.1. The number of aromatic nitrogens is 2. The van der Waals surface area contributed by atoms with Gasteiger partial charge in [-0.3, -0.25) is 0 Å². The van der Waals surface area contributed by atoms with Crippen LogP contribution in [0.4, 0.5) is 0 Å². The van der Waals surface area contributed by atoms with Gasteiger partial charge in [-0.05, 0) is 60.5 Å². The van der Waals surface area contributed by atoms with Gasteiger partial charge in [0.15, 0.2) is 0 Å². The van der Waals surface area contributed by atoms with Crippen molar-refractivity contribution in [2.45, 2.75) is 19.8 Å². The predicted molar refractivity (Wildman–Crippen MR) is 104 cm³/mol. The number of rotatable bonds is 7. The van der Waals surface area contributed by atoms with E-state index in [1.165, 1.54) is 0 Å². The lowest BCUT2D eigenvalue weighted by atomic mass is 10.1. The first-order valence-electron chi connectivity index (χ1n) is 8.80. The van der Waals surface area contributed by atoms with Crippen LogP contribution < -0.4 is 15.2 Å². The summed E-state index contributed by atoms with van der Waals surface area (Å²) < 4.78 is 12.8. The van der Waals surface area contributed by atoms with Crippen molar-refractivity contribution in [3.63, 3.8) is 0 Å². The van der Waals surface area contributed by atoms with Crippen LogP contribution in [-0.2, 0) is 0 Å². The Hall–Kier alpha value is -2.79. The normalized spacial score (nSPS) is 11.0. The van der Waals surface area contributed by atoms with E-state index in [-0.39, 0.29) is 0 Å². The standard InChI is InChI=1S/C21H25N3O2/c1-15(2)20-14-21(16-4-8-19(9-5-16)26-13-12-22)24(23-20)17-6-10-18(25-3)11-7-17/h4-11,14-15H,12-13,22H2,1-3H3. The molecule has 0 atom stereocenters. The Morgan fingerprint density at radius 3 is 2.23 bits per heavy atom. The highest BCUT2D eigenvalue weighted by Crippen LogP contribution is 2.29. The highest BCUT2D eigenvalue weighted by molar-refractivity contribution is 5.64. The van der Waals surface area contributed by atoms with Crippen LogP contribution in [0.2, 0.25) is 0 Å². The summed E-state index contributed by atoms with van der Waals surface area (Å²) in [5.74, 6) is 1.99. The monoisotopic (exact) mass is 351 g/mol. The van der Waals surface area contributed by atoms with Gasteiger partial charge in [-0.1, -0.05) is 13.8 Å². The van der Waals surface area contributed by atoms with E-state index in [2.05, 4.69) is 19.9 Å². The summed E-state index contributed by atoms with van der Waals surface area (Å²) in [5, 5.41) is 4.81. The molecule has 3 aromatic rings. The number of hydrogen-bond donors (Lipinski definition) is 1. The highest BCUT2D eigenvalue weighted by Gasteiger charge is 2.14. The lowest BCUT2D eigenvalue weighted by Gasteiger charge is -2.10. The van der Waals surface area contributed by atoms with Crippen molar-refractivity contribution in [2.24, 2.45) is 5.73 Å². The molecule has 0 aliphatic heterocycles. The fourth-order valence-corrected chi connectivity index (χ4v) is 2.71. The third kappa shape index (κ3) is 3.89. The molecule has 0 saturated heterocycles. The molecule has 0 bridgehead atoms. The Bertz CT molecular complexity index is 837. The van der Waals surface area contributed by atoms with E-state index in [0.29, 0.717) is 19.1 Å². The minimum atomic E-state index is 0.348. The van der Waals surface area contributed by atoms with Crippen molar-refractivity contribution in [3.05, 3.63) is 60.3 Å². The minimum absolute atomic E-state index is 0.348. The topological polar surface area (TPSA) is 62.3 Å². The second kappa shape index (κ2) is 8.06. The van der Waals surface area contributed by atoms with Gasteiger partial charge in [-0.15, -0.1) is 0 Å². The van der Waals surface area contributed by atoms with E-state index in [1.807, 2.05) is 53.2 Å². The van der Waals surface area contributed by atoms with E-state index >= 15 is 0 Å². The number of nitrogens with zero attached hydrogens (tertiary/aromatic N) is 2.